The zero-order valence-electron chi connectivity index (χ0n) is 9.07. The van der Waals surface area contributed by atoms with Crippen LogP contribution < -0.4 is 0 Å². The average molecular weight is 274 g/mol. The van der Waals surface area contributed by atoms with Gasteiger partial charge >= 0.3 is 0 Å². The minimum absolute atomic E-state index is 0.622. The lowest BCUT2D eigenvalue weighted by Gasteiger charge is -2.22. The van der Waals surface area contributed by atoms with E-state index in [1.807, 2.05) is 7.05 Å². The summed E-state index contributed by atoms with van der Waals surface area (Å²) < 4.78 is 2.34. The molecular weight excluding hydrogens is 258 g/mol. The van der Waals surface area contributed by atoms with E-state index in [1.54, 1.807) is 4.68 Å². The first-order valence-corrected chi connectivity index (χ1v) is 6.14. The van der Waals surface area contributed by atoms with E-state index in [0.717, 1.165) is 31.4 Å². The van der Waals surface area contributed by atoms with E-state index in [0.29, 0.717) is 10.5 Å². The van der Waals surface area contributed by atoms with E-state index in [2.05, 4.69) is 33.2 Å². The van der Waals surface area contributed by atoms with Crippen LogP contribution in [0.15, 0.2) is 4.60 Å². The lowest BCUT2D eigenvalue weighted by atomic mass is 9.96. The molecule has 1 N–H and O–H groups in total. The van der Waals surface area contributed by atoms with Gasteiger partial charge in [0.15, 0.2) is 4.60 Å². The van der Waals surface area contributed by atoms with Crippen molar-refractivity contribution in [1.29, 1.82) is 0 Å². The summed E-state index contributed by atoms with van der Waals surface area (Å²) in [7, 11) is 1.82. The zero-order chi connectivity index (χ0) is 11.1. The van der Waals surface area contributed by atoms with Crippen LogP contribution in [-0.4, -0.2) is 20.1 Å². The van der Waals surface area contributed by atoms with Crippen molar-refractivity contribution in [2.45, 2.75) is 38.2 Å². The molecule has 0 radical (unpaired) electrons. The molecule has 15 heavy (non-hydrogen) atoms. The maximum Gasteiger partial charge on any atom is 0.154 e. The SMILES string of the molecule is CCC1CCC(O)(c2c(Br)nnn2C)C1. The summed E-state index contributed by atoms with van der Waals surface area (Å²) in [6.07, 6.45) is 3.85. The van der Waals surface area contributed by atoms with E-state index in [9.17, 15) is 5.11 Å². The maximum atomic E-state index is 10.6. The van der Waals surface area contributed by atoms with E-state index in [-0.39, 0.29) is 0 Å². The minimum atomic E-state index is -0.738. The van der Waals surface area contributed by atoms with Gasteiger partial charge in [0.1, 0.15) is 11.3 Å². The maximum absolute atomic E-state index is 10.6. The van der Waals surface area contributed by atoms with Crippen LogP contribution in [0.25, 0.3) is 0 Å². The summed E-state index contributed by atoms with van der Waals surface area (Å²) in [4.78, 5) is 0. The van der Waals surface area contributed by atoms with Gasteiger partial charge in [0.05, 0.1) is 0 Å². The summed E-state index contributed by atoms with van der Waals surface area (Å²) in [5.74, 6) is 0.622. The Balaban J connectivity index is 2.31. The Labute approximate surface area is 97.8 Å². The highest BCUT2D eigenvalue weighted by Gasteiger charge is 2.42. The van der Waals surface area contributed by atoms with E-state index in [4.69, 9.17) is 0 Å². The molecular formula is C10H16BrN3O. The molecule has 0 amide bonds. The quantitative estimate of drug-likeness (QED) is 0.897. The van der Waals surface area contributed by atoms with Gasteiger partial charge in [-0.3, -0.25) is 0 Å². The standard InChI is InChI=1S/C10H16BrN3O/c1-3-7-4-5-10(15,6-7)8-9(11)12-13-14(8)2/h7,15H,3-6H2,1-2H3. The molecule has 0 bridgehead atoms. The van der Waals surface area contributed by atoms with Gasteiger partial charge in [0.2, 0.25) is 0 Å². The van der Waals surface area contributed by atoms with Crippen molar-refractivity contribution >= 4 is 15.9 Å². The fourth-order valence-electron chi connectivity index (χ4n) is 2.51. The molecule has 1 aromatic rings. The summed E-state index contributed by atoms with van der Waals surface area (Å²) in [5.41, 5.74) is 0.0797. The van der Waals surface area contributed by atoms with Gasteiger partial charge in [-0.15, -0.1) is 5.10 Å². The van der Waals surface area contributed by atoms with Crippen molar-refractivity contribution in [3.8, 4) is 0 Å². The van der Waals surface area contributed by atoms with Gasteiger partial charge in [-0.05, 0) is 41.1 Å². The average Bonchev–Trinajstić information content (AvgIpc) is 2.72. The summed E-state index contributed by atoms with van der Waals surface area (Å²) in [5, 5.41) is 18.4. The molecule has 5 heteroatoms. The fraction of sp³-hybridized carbons (Fsp3) is 0.800. The molecule has 1 aliphatic rings. The van der Waals surface area contributed by atoms with Crippen LogP contribution in [0.4, 0.5) is 0 Å². The number of rotatable bonds is 2. The molecule has 84 valence electrons. The number of halogens is 1. The van der Waals surface area contributed by atoms with Crippen molar-refractivity contribution in [3.05, 3.63) is 10.3 Å². The molecule has 1 saturated carbocycles. The third kappa shape index (κ3) is 1.83. The van der Waals surface area contributed by atoms with Crippen molar-refractivity contribution in [2.75, 3.05) is 0 Å². The van der Waals surface area contributed by atoms with E-state index in [1.165, 1.54) is 0 Å². The van der Waals surface area contributed by atoms with Gasteiger partial charge in [0.25, 0.3) is 0 Å². The van der Waals surface area contributed by atoms with Crippen LogP contribution in [0.1, 0.15) is 38.3 Å². The third-order valence-electron chi connectivity index (χ3n) is 3.40. The number of aliphatic hydroxyl groups is 1. The Morgan fingerprint density at radius 2 is 2.40 bits per heavy atom. The summed E-state index contributed by atoms with van der Waals surface area (Å²) in [6, 6.07) is 0. The van der Waals surface area contributed by atoms with Gasteiger partial charge in [0, 0.05) is 7.05 Å². The molecule has 0 spiro atoms. The van der Waals surface area contributed by atoms with Gasteiger partial charge in [-0.1, -0.05) is 18.6 Å². The van der Waals surface area contributed by atoms with Crippen molar-refractivity contribution in [3.63, 3.8) is 0 Å². The van der Waals surface area contributed by atoms with Gasteiger partial charge in [-0.25, -0.2) is 4.68 Å². The molecule has 1 aliphatic carbocycles. The molecule has 2 atom stereocenters. The van der Waals surface area contributed by atoms with E-state index < -0.39 is 5.60 Å². The van der Waals surface area contributed by atoms with Crippen molar-refractivity contribution in [1.82, 2.24) is 15.0 Å². The third-order valence-corrected chi connectivity index (χ3v) is 3.93. The Morgan fingerprint density at radius 3 is 2.87 bits per heavy atom. The lowest BCUT2D eigenvalue weighted by molar-refractivity contribution is 0.0307. The first kappa shape index (κ1) is 11.1. The normalized spacial score (nSPS) is 31.1. The van der Waals surface area contributed by atoms with Crippen molar-refractivity contribution < 1.29 is 5.11 Å². The lowest BCUT2D eigenvalue weighted by Crippen LogP contribution is -2.25. The molecule has 0 aromatic carbocycles. The second-order valence-electron chi connectivity index (χ2n) is 4.40. The van der Waals surface area contributed by atoms with E-state index >= 15 is 0 Å². The molecule has 4 nitrogen and oxygen atoms in total. The van der Waals surface area contributed by atoms with Crippen molar-refractivity contribution in [2.24, 2.45) is 13.0 Å². The molecule has 2 unspecified atom stereocenters. The highest BCUT2D eigenvalue weighted by molar-refractivity contribution is 9.10. The Morgan fingerprint density at radius 1 is 1.67 bits per heavy atom. The highest BCUT2D eigenvalue weighted by atomic mass is 79.9. The number of nitrogens with zero attached hydrogens (tertiary/aromatic N) is 3. The topological polar surface area (TPSA) is 50.9 Å². The van der Waals surface area contributed by atoms with Crippen LogP contribution in [-0.2, 0) is 12.6 Å². The second-order valence-corrected chi connectivity index (χ2v) is 5.15. The number of aromatic nitrogens is 3. The fourth-order valence-corrected chi connectivity index (χ4v) is 3.21. The molecule has 1 fully saturated rings. The minimum Gasteiger partial charge on any atom is -0.383 e. The largest absolute Gasteiger partial charge is 0.383 e. The second kappa shape index (κ2) is 3.87. The number of hydrogen-bond acceptors (Lipinski definition) is 3. The Kier molecular flexibility index (Phi) is 2.85. The predicted molar refractivity (Wildman–Crippen MR) is 60.2 cm³/mol. The monoisotopic (exact) mass is 273 g/mol. The molecule has 2 rings (SSSR count). The predicted octanol–water partition coefficient (Wildman–Crippen LogP) is 1.98. The Hall–Kier alpha value is -0.420. The Bertz CT molecular complexity index is 346. The summed E-state index contributed by atoms with van der Waals surface area (Å²) in [6.45, 7) is 2.17. The highest BCUT2D eigenvalue weighted by Crippen LogP contribution is 2.44. The van der Waals surface area contributed by atoms with Gasteiger partial charge in [-0.2, -0.15) is 0 Å². The summed E-state index contributed by atoms with van der Waals surface area (Å²) >= 11 is 3.35. The smallest absolute Gasteiger partial charge is 0.154 e. The molecule has 0 aliphatic heterocycles. The first-order valence-electron chi connectivity index (χ1n) is 5.35. The molecule has 1 aromatic heterocycles. The van der Waals surface area contributed by atoms with Crippen LogP contribution in [0.5, 0.6) is 0 Å². The number of hydrogen-bond donors (Lipinski definition) is 1. The van der Waals surface area contributed by atoms with Crippen LogP contribution in [0.3, 0.4) is 0 Å². The number of aryl methyl sites for hydroxylation is 1. The molecule has 0 saturated heterocycles. The zero-order valence-corrected chi connectivity index (χ0v) is 10.7. The first-order chi connectivity index (χ1) is 7.07. The van der Waals surface area contributed by atoms with Gasteiger partial charge < -0.3 is 5.11 Å². The molecule has 1 heterocycles. The van der Waals surface area contributed by atoms with Crippen LogP contribution >= 0.6 is 15.9 Å². The van der Waals surface area contributed by atoms with Crippen LogP contribution in [0, 0.1) is 5.92 Å². The van der Waals surface area contributed by atoms with Crippen LogP contribution in [0.2, 0.25) is 0 Å².